The van der Waals surface area contributed by atoms with Gasteiger partial charge in [-0.15, -0.1) is 0 Å². The first kappa shape index (κ1) is 9.27. The molecular formula is C10H16N4. The number of pyridine rings is 1. The molecule has 1 aliphatic heterocycles. The third kappa shape index (κ3) is 1.53. The Labute approximate surface area is 84.3 Å². The van der Waals surface area contributed by atoms with Crippen molar-refractivity contribution in [1.29, 1.82) is 0 Å². The lowest BCUT2D eigenvalue weighted by atomic mass is 10.1. The van der Waals surface area contributed by atoms with E-state index in [1.165, 1.54) is 0 Å². The first-order valence-electron chi connectivity index (χ1n) is 4.80. The molecule has 14 heavy (non-hydrogen) atoms. The number of nitrogens with two attached hydrogens (primary N) is 1. The number of hydrogen-bond donors (Lipinski definition) is 1. The number of aromatic nitrogens is 1. The van der Waals surface area contributed by atoms with Gasteiger partial charge in [-0.25, -0.2) is 4.98 Å². The first-order chi connectivity index (χ1) is 6.68. The van der Waals surface area contributed by atoms with Crippen LogP contribution in [0.15, 0.2) is 18.3 Å². The lowest BCUT2D eigenvalue weighted by Crippen LogP contribution is -2.57. The van der Waals surface area contributed by atoms with Crippen molar-refractivity contribution in [2.75, 3.05) is 37.8 Å². The average Bonchev–Trinajstić information content (AvgIpc) is 2.05. The van der Waals surface area contributed by atoms with E-state index in [1.807, 2.05) is 12.1 Å². The van der Waals surface area contributed by atoms with Crippen molar-refractivity contribution in [3.05, 3.63) is 18.3 Å². The first-order valence-corrected chi connectivity index (χ1v) is 4.80. The van der Waals surface area contributed by atoms with Crippen molar-refractivity contribution in [1.82, 2.24) is 9.88 Å². The zero-order valence-electron chi connectivity index (χ0n) is 8.64. The van der Waals surface area contributed by atoms with Gasteiger partial charge < -0.3 is 15.5 Å². The standard InChI is InChI=1S/C10H16N4/c1-13(2)8-6-14(7-8)10-9(11)4-3-5-12-10/h3-5,8H,6-7,11H2,1-2H3. The van der Waals surface area contributed by atoms with Gasteiger partial charge in [0.1, 0.15) is 0 Å². The Morgan fingerprint density at radius 2 is 2.21 bits per heavy atom. The molecule has 1 fully saturated rings. The molecule has 2 rings (SSSR count). The molecule has 0 spiro atoms. The monoisotopic (exact) mass is 192 g/mol. The predicted octanol–water partition coefficient (Wildman–Crippen LogP) is 0.414. The van der Waals surface area contributed by atoms with Crippen LogP contribution in [0, 0.1) is 0 Å². The highest BCUT2D eigenvalue weighted by Crippen LogP contribution is 2.25. The fourth-order valence-corrected chi connectivity index (χ4v) is 1.63. The van der Waals surface area contributed by atoms with Gasteiger partial charge in [0.15, 0.2) is 5.82 Å². The van der Waals surface area contributed by atoms with Crippen molar-refractivity contribution in [2.45, 2.75) is 6.04 Å². The highest BCUT2D eigenvalue weighted by Gasteiger charge is 2.29. The summed E-state index contributed by atoms with van der Waals surface area (Å²) in [4.78, 5) is 8.72. The second-order valence-electron chi connectivity index (χ2n) is 3.94. The summed E-state index contributed by atoms with van der Waals surface area (Å²) >= 11 is 0. The summed E-state index contributed by atoms with van der Waals surface area (Å²) < 4.78 is 0. The molecule has 0 radical (unpaired) electrons. The molecule has 2 heterocycles. The van der Waals surface area contributed by atoms with Crippen molar-refractivity contribution in [3.63, 3.8) is 0 Å². The van der Waals surface area contributed by atoms with Crippen molar-refractivity contribution < 1.29 is 0 Å². The van der Waals surface area contributed by atoms with Gasteiger partial charge in [0, 0.05) is 25.3 Å². The lowest BCUT2D eigenvalue weighted by molar-refractivity contribution is 0.246. The van der Waals surface area contributed by atoms with Crippen molar-refractivity contribution in [2.24, 2.45) is 0 Å². The molecule has 0 amide bonds. The lowest BCUT2D eigenvalue weighted by Gasteiger charge is -2.43. The molecule has 0 bridgehead atoms. The summed E-state index contributed by atoms with van der Waals surface area (Å²) in [5.41, 5.74) is 6.60. The summed E-state index contributed by atoms with van der Waals surface area (Å²) in [6.45, 7) is 2.04. The topological polar surface area (TPSA) is 45.4 Å². The Kier molecular flexibility index (Phi) is 2.29. The summed E-state index contributed by atoms with van der Waals surface area (Å²) in [5, 5.41) is 0. The van der Waals surface area contributed by atoms with Crippen LogP contribution in [0.2, 0.25) is 0 Å². The fraction of sp³-hybridized carbons (Fsp3) is 0.500. The van der Waals surface area contributed by atoms with E-state index in [9.17, 15) is 0 Å². The molecule has 2 N–H and O–H groups in total. The summed E-state index contributed by atoms with van der Waals surface area (Å²) in [7, 11) is 4.20. The Balaban J connectivity index is 2.03. The predicted molar refractivity (Wildman–Crippen MR) is 58.3 cm³/mol. The van der Waals surface area contributed by atoms with Gasteiger partial charge in [0.25, 0.3) is 0 Å². The van der Waals surface area contributed by atoms with Gasteiger partial charge >= 0.3 is 0 Å². The number of rotatable bonds is 2. The van der Waals surface area contributed by atoms with E-state index in [-0.39, 0.29) is 0 Å². The smallest absolute Gasteiger partial charge is 0.151 e. The molecule has 0 aromatic carbocycles. The van der Waals surface area contributed by atoms with E-state index in [2.05, 4.69) is 28.9 Å². The molecule has 4 nitrogen and oxygen atoms in total. The molecule has 0 unspecified atom stereocenters. The number of hydrogen-bond acceptors (Lipinski definition) is 4. The molecule has 1 aliphatic rings. The summed E-state index contributed by atoms with van der Waals surface area (Å²) in [6.07, 6.45) is 1.79. The van der Waals surface area contributed by atoms with Crippen LogP contribution in [0.5, 0.6) is 0 Å². The van der Waals surface area contributed by atoms with Crippen LogP contribution in [0.3, 0.4) is 0 Å². The van der Waals surface area contributed by atoms with Crippen LogP contribution in [-0.2, 0) is 0 Å². The van der Waals surface area contributed by atoms with Gasteiger partial charge in [-0.2, -0.15) is 0 Å². The van der Waals surface area contributed by atoms with E-state index in [4.69, 9.17) is 5.73 Å². The van der Waals surface area contributed by atoms with Gasteiger partial charge in [0.05, 0.1) is 5.69 Å². The minimum absolute atomic E-state index is 0.636. The number of nitrogen functional groups attached to an aromatic ring is 1. The Hall–Kier alpha value is -1.29. The van der Waals surface area contributed by atoms with Crippen LogP contribution in [0.1, 0.15) is 0 Å². The van der Waals surface area contributed by atoms with E-state index < -0.39 is 0 Å². The van der Waals surface area contributed by atoms with E-state index in [0.717, 1.165) is 24.6 Å². The molecule has 1 aromatic heterocycles. The third-order valence-corrected chi connectivity index (χ3v) is 2.71. The number of likely N-dealkylation sites (N-methyl/N-ethyl adjacent to an activating group) is 1. The van der Waals surface area contributed by atoms with Gasteiger partial charge in [0.2, 0.25) is 0 Å². The molecule has 0 aliphatic carbocycles. The maximum absolute atomic E-state index is 5.83. The fourth-order valence-electron chi connectivity index (χ4n) is 1.63. The highest BCUT2D eigenvalue weighted by molar-refractivity contribution is 5.63. The molecular weight excluding hydrogens is 176 g/mol. The molecule has 76 valence electrons. The minimum atomic E-state index is 0.636. The van der Waals surface area contributed by atoms with Crippen molar-refractivity contribution >= 4 is 11.5 Å². The van der Waals surface area contributed by atoms with Crippen molar-refractivity contribution in [3.8, 4) is 0 Å². The third-order valence-electron chi connectivity index (χ3n) is 2.71. The Morgan fingerprint density at radius 1 is 1.50 bits per heavy atom. The van der Waals surface area contributed by atoms with Gasteiger partial charge in [-0.05, 0) is 26.2 Å². The normalized spacial score (nSPS) is 17.2. The van der Waals surface area contributed by atoms with Crippen LogP contribution < -0.4 is 10.6 Å². The molecule has 4 heteroatoms. The van der Waals surface area contributed by atoms with Crippen LogP contribution >= 0.6 is 0 Å². The van der Waals surface area contributed by atoms with Gasteiger partial charge in [-0.3, -0.25) is 0 Å². The maximum Gasteiger partial charge on any atom is 0.151 e. The minimum Gasteiger partial charge on any atom is -0.396 e. The van der Waals surface area contributed by atoms with E-state index in [1.54, 1.807) is 6.20 Å². The quantitative estimate of drug-likeness (QED) is 0.737. The molecule has 1 aromatic rings. The zero-order valence-corrected chi connectivity index (χ0v) is 8.64. The molecule has 1 saturated heterocycles. The highest BCUT2D eigenvalue weighted by atomic mass is 15.3. The van der Waals surface area contributed by atoms with Crippen LogP contribution in [0.4, 0.5) is 11.5 Å². The Morgan fingerprint density at radius 3 is 2.79 bits per heavy atom. The second kappa shape index (κ2) is 3.46. The second-order valence-corrected chi connectivity index (χ2v) is 3.94. The molecule has 0 saturated carbocycles. The van der Waals surface area contributed by atoms with E-state index in [0.29, 0.717) is 6.04 Å². The largest absolute Gasteiger partial charge is 0.396 e. The number of nitrogens with zero attached hydrogens (tertiary/aromatic N) is 3. The summed E-state index contributed by atoms with van der Waals surface area (Å²) in [6, 6.07) is 4.39. The average molecular weight is 192 g/mol. The maximum atomic E-state index is 5.83. The zero-order chi connectivity index (χ0) is 10.1. The Bertz CT molecular complexity index is 318. The van der Waals surface area contributed by atoms with Crippen LogP contribution in [0.25, 0.3) is 0 Å². The SMILES string of the molecule is CN(C)C1CN(c2ncccc2N)C1. The van der Waals surface area contributed by atoms with E-state index >= 15 is 0 Å². The van der Waals surface area contributed by atoms with Crippen LogP contribution in [-0.4, -0.2) is 43.1 Å². The van der Waals surface area contributed by atoms with Gasteiger partial charge in [-0.1, -0.05) is 0 Å². The summed E-state index contributed by atoms with van der Waals surface area (Å²) in [5.74, 6) is 0.922. The number of anilines is 2. The molecule has 0 atom stereocenters.